The van der Waals surface area contributed by atoms with Crippen molar-refractivity contribution in [3.63, 3.8) is 0 Å². The number of hydrogen-bond acceptors (Lipinski definition) is 7. The Bertz CT molecular complexity index is 1080. The summed E-state index contributed by atoms with van der Waals surface area (Å²) in [5, 5.41) is 3.47. The lowest BCUT2D eigenvalue weighted by Crippen LogP contribution is -2.50. The van der Waals surface area contributed by atoms with Crippen LogP contribution < -0.4 is 11.1 Å². The van der Waals surface area contributed by atoms with E-state index in [0.717, 1.165) is 18.4 Å². The number of nitrogens with two attached hydrogens (primary N) is 1. The monoisotopic (exact) mass is 452 g/mol. The van der Waals surface area contributed by atoms with Crippen LogP contribution in [0.5, 0.6) is 0 Å². The number of imidazole rings is 1. The number of anilines is 1. The van der Waals surface area contributed by atoms with Crippen molar-refractivity contribution in [3.8, 4) is 22.6 Å². The van der Waals surface area contributed by atoms with Crippen LogP contribution >= 0.6 is 0 Å². The molecule has 2 aliphatic rings. The van der Waals surface area contributed by atoms with E-state index < -0.39 is 11.8 Å². The Morgan fingerprint density at radius 3 is 2.52 bits per heavy atom. The molecule has 5 rings (SSSR count). The fraction of sp³-hybridized carbons (Fsp3) is 0.458. The van der Waals surface area contributed by atoms with Crippen LogP contribution in [0, 0.1) is 5.82 Å². The van der Waals surface area contributed by atoms with Crippen LogP contribution in [0.3, 0.4) is 0 Å². The highest BCUT2D eigenvalue weighted by Gasteiger charge is 2.32. The summed E-state index contributed by atoms with van der Waals surface area (Å²) in [5.74, 6) is 0.795. The number of aromatic amines is 1. The molecule has 174 valence electrons. The van der Waals surface area contributed by atoms with Gasteiger partial charge in [0.2, 0.25) is 12.2 Å². The molecule has 1 aliphatic carbocycles. The molecule has 4 N–H and O–H groups in total. The molecule has 3 aromatic rings. The molecule has 0 spiro atoms. The molecule has 0 amide bonds. The minimum Gasteiger partial charge on any atom is -0.351 e. The Balaban J connectivity index is 1.48. The normalized spacial score (nSPS) is 24.0. The molecule has 0 bridgehead atoms. The summed E-state index contributed by atoms with van der Waals surface area (Å²) >= 11 is 0. The zero-order chi connectivity index (χ0) is 22.8. The van der Waals surface area contributed by atoms with Crippen molar-refractivity contribution in [2.24, 2.45) is 5.73 Å². The Labute approximate surface area is 192 Å². The van der Waals surface area contributed by atoms with Crippen LogP contribution in [0.1, 0.15) is 51.1 Å². The first-order chi connectivity index (χ1) is 16.0. The standard InChI is InChI=1S/C24H29FN6O2/c1-24(26)13-32-22(33-14-24)21-30-19(15-7-9-16(25)10-8-15)20(31-21)18-11-12-27-23(29-18)28-17-5-3-2-4-6-17/h7-12,17,22H,2-6,13-14,26H2,1H3,(H,30,31)(H,27,28,29). The maximum absolute atomic E-state index is 13.6. The highest BCUT2D eigenvalue weighted by atomic mass is 19.1. The highest BCUT2D eigenvalue weighted by molar-refractivity contribution is 5.77. The number of H-pyrrole nitrogens is 1. The van der Waals surface area contributed by atoms with Crippen LogP contribution in [-0.2, 0) is 9.47 Å². The molecule has 0 unspecified atom stereocenters. The predicted octanol–water partition coefficient (Wildman–Crippen LogP) is 4.18. The quantitative estimate of drug-likeness (QED) is 0.532. The average molecular weight is 453 g/mol. The van der Waals surface area contributed by atoms with E-state index in [1.165, 1.54) is 31.4 Å². The summed E-state index contributed by atoms with van der Waals surface area (Å²) in [7, 11) is 0. The molecule has 8 nitrogen and oxygen atoms in total. The largest absolute Gasteiger partial charge is 0.351 e. The van der Waals surface area contributed by atoms with Gasteiger partial charge in [-0.05, 0) is 50.1 Å². The highest BCUT2D eigenvalue weighted by Crippen LogP contribution is 2.33. The minimum absolute atomic E-state index is 0.307. The number of hydrogen-bond donors (Lipinski definition) is 3. The molecule has 0 radical (unpaired) electrons. The van der Waals surface area contributed by atoms with Gasteiger partial charge in [-0.15, -0.1) is 0 Å². The van der Waals surface area contributed by atoms with E-state index in [-0.39, 0.29) is 5.82 Å². The second kappa shape index (κ2) is 9.17. The van der Waals surface area contributed by atoms with E-state index in [9.17, 15) is 4.39 Å². The summed E-state index contributed by atoms with van der Waals surface area (Å²) < 4.78 is 25.2. The van der Waals surface area contributed by atoms with Crippen LogP contribution in [-0.4, -0.2) is 44.7 Å². The molecule has 33 heavy (non-hydrogen) atoms. The molecule has 2 fully saturated rings. The van der Waals surface area contributed by atoms with Crippen molar-refractivity contribution in [1.82, 2.24) is 19.9 Å². The molecule has 2 aromatic heterocycles. The van der Waals surface area contributed by atoms with Gasteiger partial charge in [-0.2, -0.15) is 0 Å². The third kappa shape index (κ3) is 5.05. The summed E-state index contributed by atoms with van der Waals surface area (Å²) in [4.78, 5) is 17.2. The molecule has 9 heteroatoms. The molecule has 1 saturated heterocycles. The van der Waals surface area contributed by atoms with Crippen molar-refractivity contribution >= 4 is 5.95 Å². The van der Waals surface area contributed by atoms with Gasteiger partial charge in [-0.1, -0.05) is 19.3 Å². The van der Waals surface area contributed by atoms with Gasteiger partial charge in [-0.25, -0.2) is 19.3 Å². The topological polar surface area (TPSA) is 111 Å². The zero-order valence-corrected chi connectivity index (χ0v) is 18.7. The lowest BCUT2D eigenvalue weighted by Gasteiger charge is -2.33. The molecular formula is C24H29FN6O2. The van der Waals surface area contributed by atoms with Gasteiger partial charge in [-0.3, -0.25) is 0 Å². The van der Waals surface area contributed by atoms with Gasteiger partial charge in [0.15, 0.2) is 5.82 Å². The first kappa shape index (κ1) is 21.9. The van der Waals surface area contributed by atoms with Crippen molar-refractivity contribution in [1.29, 1.82) is 0 Å². The Morgan fingerprint density at radius 1 is 1.06 bits per heavy atom. The van der Waals surface area contributed by atoms with Crippen LogP contribution in [0.25, 0.3) is 22.6 Å². The van der Waals surface area contributed by atoms with Gasteiger partial charge in [0.1, 0.15) is 5.82 Å². The van der Waals surface area contributed by atoms with Crippen molar-refractivity contribution in [3.05, 3.63) is 48.2 Å². The number of nitrogens with zero attached hydrogens (tertiary/aromatic N) is 3. The number of nitrogens with one attached hydrogen (secondary N) is 2. The van der Waals surface area contributed by atoms with Gasteiger partial charge in [0, 0.05) is 17.8 Å². The Kier molecular flexibility index (Phi) is 6.09. The summed E-state index contributed by atoms with van der Waals surface area (Å²) in [6, 6.07) is 8.43. The zero-order valence-electron chi connectivity index (χ0n) is 18.7. The average Bonchev–Trinajstić information content (AvgIpc) is 3.26. The molecular weight excluding hydrogens is 423 g/mol. The SMILES string of the molecule is CC1(N)COC(c2nc(-c3ccc(F)cc3)c(-c3ccnc(NC4CCCCC4)n3)[nH]2)OC1. The molecule has 1 aromatic carbocycles. The summed E-state index contributed by atoms with van der Waals surface area (Å²) in [5.41, 5.74) is 8.33. The number of rotatable bonds is 5. The van der Waals surface area contributed by atoms with Gasteiger partial charge in [0.05, 0.1) is 35.8 Å². The van der Waals surface area contributed by atoms with Gasteiger partial charge in [0.25, 0.3) is 0 Å². The van der Waals surface area contributed by atoms with E-state index >= 15 is 0 Å². The fourth-order valence-electron chi connectivity index (χ4n) is 4.28. The van der Waals surface area contributed by atoms with E-state index in [2.05, 4.69) is 15.3 Å². The number of aromatic nitrogens is 4. The second-order valence-corrected chi connectivity index (χ2v) is 9.21. The fourth-order valence-corrected chi connectivity index (χ4v) is 4.28. The number of ether oxygens (including phenoxy) is 2. The minimum atomic E-state index is -0.670. The van der Waals surface area contributed by atoms with Crippen LogP contribution in [0.2, 0.25) is 0 Å². The molecule has 1 aliphatic heterocycles. The molecule has 1 saturated carbocycles. The maximum atomic E-state index is 13.6. The van der Waals surface area contributed by atoms with Gasteiger partial charge >= 0.3 is 0 Å². The lowest BCUT2D eigenvalue weighted by molar-refractivity contribution is -0.211. The number of benzene rings is 1. The van der Waals surface area contributed by atoms with E-state index in [1.54, 1.807) is 18.3 Å². The summed E-state index contributed by atoms with van der Waals surface area (Å²) in [6.07, 6.45) is 7.04. The molecule has 0 atom stereocenters. The number of halogens is 1. The molecule has 3 heterocycles. The van der Waals surface area contributed by atoms with Crippen molar-refractivity contribution in [2.75, 3.05) is 18.5 Å². The van der Waals surface area contributed by atoms with E-state index in [4.69, 9.17) is 25.2 Å². The van der Waals surface area contributed by atoms with Crippen LogP contribution in [0.4, 0.5) is 10.3 Å². The lowest BCUT2D eigenvalue weighted by atomic mass is 9.96. The first-order valence-electron chi connectivity index (χ1n) is 11.4. The van der Waals surface area contributed by atoms with Crippen molar-refractivity contribution in [2.45, 2.75) is 56.9 Å². The predicted molar refractivity (Wildman–Crippen MR) is 123 cm³/mol. The van der Waals surface area contributed by atoms with Gasteiger partial charge < -0.3 is 25.5 Å². The summed E-state index contributed by atoms with van der Waals surface area (Å²) in [6.45, 7) is 2.58. The second-order valence-electron chi connectivity index (χ2n) is 9.21. The Hall–Kier alpha value is -2.88. The van der Waals surface area contributed by atoms with E-state index in [1.807, 2.05) is 13.0 Å². The first-order valence-corrected chi connectivity index (χ1v) is 11.4. The maximum Gasteiger partial charge on any atom is 0.223 e. The Morgan fingerprint density at radius 2 is 1.79 bits per heavy atom. The smallest absolute Gasteiger partial charge is 0.223 e. The van der Waals surface area contributed by atoms with Crippen molar-refractivity contribution < 1.29 is 13.9 Å². The third-order valence-corrected chi connectivity index (χ3v) is 6.04. The third-order valence-electron chi connectivity index (χ3n) is 6.04. The van der Waals surface area contributed by atoms with E-state index in [0.29, 0.717) is 48.1 Å². The van der Waals surface area contributed by atoms with Crippen LogP contribution in [0.15, 0.2) is 36.5 Å².